The van der Waals surface area contributed by atoms with Crippen molar-refractivity contribution in [3.63, 3.8) is 0 Å². The summed E-state index contributed by atoms with van der Waals surface area (Å²) in [6, 6.07) is 2.11. The maximum absolute atomic E-state index is 4.68. The highest BCUT2D eigenvalue weighted by Gasteiger charge is 2.27. The predicted octanol–water partition coefficient (Wildman–Crippen LogP) is 3.03. The molecule has 0 amide bonds. The monoisotopic (exact) mass is 233 g/mol. The summed E-state index contributed by atoms with van der Waals surface area (Å²) in [7, 11) is 0. The van der Waals surface area contributed by atoms with Gasteiger partial charge in [0.15, 0.2) is 5.65 Å². The number of hydrogen-bond acceptors (Lipinski definition) is 3. The lowest BCUT2D eigenvalue weighted by Crippen LogP contribution is -1.98. The molecule has 0 spiro atoms. The zero-order chi connectivity index (χ0) is 11.1. The van der Waals surface area contributed by atoms with E-state index in [9.17, 15) is 0 Å². The fourth-order valence-electron chi connectivity index (χ4n) is 2.02. The molecule has 0 N–H and O–H groups in total. The number of thioether (sulfide) groups is 1. The molecule has 0 bridgehead atoms. The maximum atomic E-state index is 4.68. The Morgan fingerprint density at radius 1 is 1.50 bits per heavy atom. The molecule has 0 radical (unpaired) electrons. The molecule has 4 heteroatoms. The first kappa shape index (κ1) is 10.1. The topological polar surface area (TPSA) is 30.2 Å². The van der Waals surface area contributed by atoms with Crippen LogP contribution in [0.2, 0.25) is 0 Å². The normalized spacial score (nSPS) is 15.9. The van der Waals surface area contributed by atoms with E-state index in [0.717, 1.165) is 16.4 Å². The molecule has 0 saturated heterocycles. The SMILES string of the molecule is CCSc1nn2c(C3CC3)ccnc2c1C. The van der Waals surface area contributed by atoms with Gasteiger partial charge in [-0.25, -0.2) is 9.50 Å². The molecule has 1 saturated carbocycles. The van der Waals surface area contributed by atoms with E-state index in [1.807, 2.05) is 10.7 Å². The Labute approximate surface area is 99.3 Å². The Kier molecular flexibility index (Phi) is 2.39. The summed E-state index contributed by atoms with van der Waals surface area (Å²) in [6.45, 7) is 4.27. The Balaban J connectivity index is 2.19. The Hall–Kier alpha value is -1.03. The summed E-state index contributed by atoms with van der Waals surface area (Å²) in [5, 5.41) is 5.81. The van der Waals surface area contributed by atoms with Crippen molar-refractivity contribution in [2.24, 2.45) is 0 Å². The van der Waals surface area contributed by atoms with Gasteiger partial charge in [-0.2, -0.15) is 5.10 Å². The van der Waals surface area contributed by atoms with Gasteiger partial charge in [0.1, 0.15) is 5.03 Å². The van der Waals surface area contributed by atoms with Crippen LogP contribution in [-0.2, 0) is 0 Å². The largest absolute Gasteiger partial charge is 0.237 e. The third-order valence-electron chi connectivity index (χ3n) is 3.01. The minimum absolute atomic E-state index is 0.712. The summed E-state index contributed by atoms with van der Waals surface area (Å²) in [4.78, 5) is 4.44. The molecule has 1 aliphatic carbocycles. The van der Waals surface area contributed by atoms with Crippen LogP contribution in [0.25, 0.3) is 5.65 Å². The summed E-state index contributed by atoms with van der Waals surface area (Å²) in [5.74, 6) is 1.77. The third-order valence-corrected chi connectivity index (χ3v) is 3.96. The number of nitrogens with zero attached hydrogens (tertiary/aromatic N) is 3. The van der Waals surface area contributed by atoms with Crippen molar-refractivity contribution in [3.05, 3.63) is 23.5 Å². The van der Waals surface area contributed by atoms with Crippen LogP contribution in [0.4, 0.5) is 0 Å². The molecule has 2 aromatic heterocycles. The zero-order valence-electron chi connectivity index (χ0n) is 9.60. The summed E-state index contributed by atoms with van der Waals surface area (Å²) in [5.41, 5.74) is 3.57. The van der Waals surface area contributed by atoms with Gasteiger partial charge in [-0.05, 0) is 31.6 Å². The van der Waals surface area contributed by atoms with E-state index in [2.05, 4.69) is 30.0 Å². The van der Waals surface area contributed by atoms with Gasteiger partial charge in [-0.15, -0.1) is 11.8 Å². The standard InChI is InChI=1S/C12H15N3S/c1-3-16-12-8(2)11-13-7-6-10(9-4-5-9)15(11)14-12/h6-7,9H,3-5H2,1-2H3. The average Bonchev–Trinajstić information content (AvgIpc) is 3.07. The van der Waals surface area contributed by atoms with Crippen LogP contribution >= 0.6 is 11.8 Å². The number of aromatic nitrogens is 3. The second-order valence-corrected chi connectivity index (χ2v) is 5.50. The Bertz CT molecular complexity index is 528. The molecule has 2 heterocycles. The fourth-order valence-corrected chi connectivity index (χ4v) is 2.74. The van der Waals surface area contributed by atoms with Crippen LogP contribution < -0.4 is 0 Å². The first-order chi connectivity index (χ1) is 7.81. The van der Waals surface area contributed by atoms with E-state index in [0.29, 0.717) is 5.92 Å². The molecule has 16 heavy (non-hydrogen) atoms. The molecule has 3 rings (SSSR count). The first-order valence-electron chi connectivity index (χ1n) is 5.78. The van der Waals surface area contributed by atoms with Crippen molar-refractivity contribution in [2.45, 2.75) is 37.6 Å². The van der Waals surface area contributed by atoms with Gasteiger partial charge in [0.25, 0.3) is 0 Å². The van der Waals surface area contributed by atoms with Crippen LogP contribution in [0.5, 0.6) is 0 Å². The quantitative estimate of drug-likeness (QED) is 0.763. The van der Waals surface area contributed by atoms with Crippen LogP contribution in [0.15, 0.2) is 17.3 Å². The van der Waals surface area contributed by atoms with E-state index in [1.165, 1.54) is 24.1 Å². The van der Waals surface area contributed by atoms with E-state index >= 15 is 0 Å². The molecular weight excluding hydrogens is 218 g/mol. The fraction of sp³-hybridized carbons (Fsp3) is 0.500. The molecule has 2 aromatic rings. The molecule has 0 aliphatic heterocycles. The Morgan fingerprint density at radius 3 is 3.00 bits per heavy atom. The number of hydrogen-bond donors (Lipinski definition) is 0. The highest BCUT2D eigenvalue weighted by molar-refractivity contribution is 7.99. The van der Waals surface area contributed by atoms with Crippen molar-refractivity contribution < 1.29 is 0 Å². The molecule has 84 valence electrons. The number of aryl methyl sites for hydroxylation is 1. The van der Waals surface area contributed by atoms with Crippen molar-refractivity contribution in [1.29, 1.82) is 0 Å². The van der Waals surface area contributed by atoms with Gasteiger partial charge < -0.3 is 0 Å². The molecule has 3 nitrogen and oxygen atoms in total. The molecule has 1 fully saturated rings. The lowest BCUT2D eigenvalue weighted by atomic mass is 10.3. The highest BCUT2D eigenvalue weighted by Crippen LogP contribution is 2.40. The van der Waals surface area contributed by atoms with E-state index in [4.69, 9.17) is 0 Å². The van der Waals surface area contributed by atoms with Crippen LogP contribution in [-0.4, -0.2) is 20.4 Å². The highest BCUT2D eigenvalue weighted by atomic mass is 32.2. The van der Waals surface area contributed by atoms with E-state index in [1.54, 1.807) is 11.8 Å². The summed E-state index contributed by atoms with van der Waals surface area (Å²) < 4.78 is 2.05. The number of rotatable bonds is 3. The van der Waals surface area contributed by atoms with Crippen molar-refractivity contribution in [1.82, 2.24) is 14.6 Å². The lowest BCUT2D eigenvalue weighted by molar-refractivity contribution is 0.812. The van der Waals surface area contributed by atoms with Crippen molar-refractivity contribution in [2.75, 3.05) is 5.75 Å². The minimum Gasteiger partial charge on any atom is -0.237 e. The van der Waals surface area contributed by atoms with Gasteiger partial charge in [0.05, 0.1) is 0 Å². The van der Waals surface area contributed by atoms with Crippen LogP contribution in [0.3, 0.4) is 0 Å². The Morgan fingerprint density at radius 2 is 2.31 bits per heavy atom. The predicted molar refractivity (Wildman–Crippen MR) is 66.1 cm³/mol. The van der Waals surface area contributed by atoms with E-state index in [-0.39, 0.29) is 0 Å². The van der Waals surface area contributed by atoms with Gasteiger partial charge >= 0.3 is 0 Å². The van der Waals surface area contributed by atoms with Crippen molar-refractivity contribution in [3.8, 4) is 0 Å². The first-order valence-corrected chi connectivity index (χ1v) is 6.77. The van der Waals surface area contributed by atoms with Gasteiger partial charge in [-0.3, -0.25) is 0 Å². The second kappa shape index (κ2) is 3.77. The maximum Gasteiger partial charge on any atom is 0.159 e. The van der Waals surface area contributed by atoms with Gasteiger partial charge in [0.2, 0.25) is 0 Å². The molecule has 0 unspecified atom stereocenters. The minimum atomic E-state index is 0.712. The molecular formula is C12H15N3S. The summed E-state index contributed by atoms with van der Waals surface area (Å²) >= 11 is 1.80. The lowest BCUT2D eigenvalue weighted by Gasteiger charge is -2.00. The van der Waals surface area contributed by atoms with Gasteiger partial charge in [-0.1, -0.05) is 6.92 Å². The zero-order valence-corrected chi connectivity index (χ0v) is 10.4. The second-order valence-electron chi connectivity index (χ2n) is 4.24. The average molecular weight is 233 g/mol. The molecule has 0 atom stereocenters. The number of fused-ring (bicyclic) bond motifs is 1. The van der Waals surface area contributed by atoms with Crippen LogP contribution in [0.1, 0.15) is 36.9 Å². The molecule has 1 aliphatic rings. The van der Waals surface area contributed by atoms with Gasteiger partial charge in [0, 0.05) is 23.4 Å². The van der Waals surface area contributed by atoms with Crippen LogP contribution in [0, 0.1) is 6.92 Å². The molecule has 0 aromatic carbocycles. The summed E-state index contributed by atoms with van der Waals surface area (Å²) in [6.07, 6.45) is 4.51. The third kappa shape index (κ3) is 1.52. The van der Waals surface area contributed by atoms with Crippen molar-refractivity contribution >= 4 is 17.4 Å². The smallest absolute Gasteiger partial charge is 0.159 e. The van der Waals surface area contributed by atoms with E-state index < -0.39 is 0 Å².